The van der Waals surface area contributed by atoms with E-state index in [0.717, 1.165) is 27.7 Å². The third-order valence-electron chi connectivity index (χ3n) is 6.42. The molecular formula is C25H20ClFN2O4S. The van der Waals surface area contributed by atoms with Gasteiger partial charge in [0.05, 0.1) is 17.3 Å². The maximum absolute atomic E-state index is 14.1. The number of nitrogens with zero attached hydrogens (tertiary/aromatic N) is 2. The molecule has 0 saturated carbocycles. The van der Waals surface area contributed by atoms with Crippen LogP contribution >= 0.6 is 11.6 Å². The molecule has 2 aliphatic rings. The summed E-state index contributed by atoms with van der Waals surface area (Å²) in [7, 11) is -4.31. The minimum Gasteiger partial charge on any atom is -0.304 e. The summed E-state index contributed by atoms with van der Waals surface area (Å²) in [5.74, 6) is -3.09. The van der Waals surface area contributed by atoms with E-state index in [-0.39, 0.29) is 22.8 Å². The highest BCUT2D eigenvalue weighted by Gasteiger charge is 2.69. The van der Waals surface area contributed by atoms with Crippen LogP contribution in [0.15, 0.2) is 60.7 Å². The highest BCUT2D eigenvalue weighted by Crippen LogP contribution is 2.53. The second kappa shape index (κ2) is 7.65. The number of benzene rings is 3. The quantitative estimate of drug-likeness (QED) is 0.541. The second-order valence-corrected chi connectivity index (χ2v) is 11.1. The van der Waals surface area contributed by atoms with Crippen LogP contribution in [0.5, 0.6) is 0 Å². The summed E-state index contributed by atoms with van der Waals surface area (Å²) < 4.78 is 41.1. The molecule has 3 aromatic carbocycles. The number of sulfone groups is 1. The number of carbonyl (C=O) groups excluding carboxylic acids is 2. The number of rotatable bonds is 3. The molecule has 2 amide bonds. The third kappa shape index (κ3) is 3.02. The van der Waals surface area contributed by atoms with Crippen LogP contribution < -0.4 is 9.80 Å². The van der Waals surface area contributed by atoms with Gasteiger partial charge < -0.3 is 4.90 Å². The molecule has 2 aliphatic heterocycles. The number of anilines is 2. The molecule has 2 heterocycles. The van der Waals surface area contributed by atoms with Gasteiger partial charge in [-0.3, -0.25) is 14.5 Å². The molecule has 3 aromatic rings. The van der Waals surface area contributed by atoms with Crippen molar-refractivity contribution >= 4 is 44.6 Å². The molecule has 1 saturated heterocycles. The lowest BCUT2D eigenvalue weighted by Crippen LogP contribution is -2.54. The first-order valence-electron chi connectivity index (χ1n) is 10.6. The van der Waals surface area contributed by atoms with Crippen molar-refractivity contribution in [3.63, 3.8) is 0 Å². The van der Waals surface area contributed by atoms with Gasteiger partial charge in [0, 0.05) is 11.3 Å². The Morgan fingerprint density at radius 2 is 1.76 bits per heavy atom. The van der Waals surface area contributed by atoms with Crippen molar-refractivity contribution in [1.29, 1.82) is 0 Å². The van der Waals surface area contributed by atoms with Gasteiger partial charge in [-0.2, -0.15) is 0 Å². The van der Waals surface area contributed by atoms with Crippen LogP contribution in [0.25, 0.3) is 0 Å². The Morgan fingerprint density at radius 3 is 2.50 bits per heavy atom. The van der Waals surface area contributed by atoms with Gasteiger partial charge in [-0.15, -0.1) is 0 Å². The number of amides is 2. The van der Waals surface area contributed by atoms with E-state index in [9.17, 15) is 22.4 Å². The lowest BCUT2D eigenvalue weighted by molar-refractivity contribution is -0.123. The molecule has 1 atom stereocenters. The SMILES string of the molecule is Cc1ccc(C)c(CN2C(=O)[C@]3(c4ccccc42)N(c2ccc(F)c(Cl)c2)C(=O)CS3(=O)=O)c1. The van der Waals surface area contributed by atoms with Crippen molar-refractivity contribution in [2.24, 2.45) is 0 Å². The predicted molar refractivity (Wildman–Crippen MR) is 128 cm³/mol. The van der Waals surface area contributed by atoms with E-state index in [1.165, 1.54) is 17.0 Å². The zero-order valence-electron chi connectivity index (χ0n) is 18.4. The summed E-state index contributed by atoms with van der Waals surface area (Å²) in [6.07, 6.45) is 0. The van der Waals surface area contributed by atoms with Crippen LogP contribution in [0, 0.1) is 19.7 Å². The summed E-state index contributed by atoms with van der Waals surface area (Å²) in [5, 5.41) is -0.282. The first-order chi connectivity index (χ1) is 16.1. The average Bonchev–Trinajstić information content (AvgIpc) is 3.15. The number of hydrogen-bond donors (Lipinski definition) is 0. The van der Waals surface area contributed by atoms with E-state index in [4.69, 9.17) is 11.6 Å². The molecule has 0 aliphatic carbocycles. The maximum atomic E-state index is 14.1. The summed E-state index contributed by atoms with van der Waals surface area (Å²) in [6.45, 7) is 3.98. The van der Waals surface area contributed by atoms with E-state index < -0.39 is 38.1 Å². The van der Waals surface area contributed by atoms with Crippen LogP contribution in [0.4, 0.5) is 15.8 Å². The van der Waals surface area contributed by atoms with Crippen LogP contribution in [-0.4, -0.2) is 26.0 Å². The molecule has 0 aromatic heterocycles. The van der Waals surface area contributed by atoms with Gasteiger partial charge in [0.1, 0.15) is 11.6 Å². The zero-order chi connectivity index (χ0) is 24.4. The van der Waals surface area contributed by atoms with Crippen molar-refractivity contribution in [2.75, 3.05) is 15.6 Å². The number of hydrogen-bond acceptors (Lipinski definition) is 4. The van der Waals surface area contributed by atoms with Gasteiger partial charge >= 0.3 is 0 Å². The highest BCUT2D eigenvalue weighted by atomic mass is 35.5. The van der Waals surface area contributed by atoms with Crippen LogP contribution in [0.1, 0.15) is 22.3 Å². The standard InChI is InChI=1S/C25H20ClFN2O4S/c1-15-7-8-16(2)17(11-15)13-28-22-6-4-3-5-19(22)25(24(28)31)29(23(30)14-34(25,32)33)18-9-10-21(27)20(26)12-18/h3-12H,13-14H2,1-2H3/t25-/m1/s1. The molecule has 34 heavy (non-hydrogen) atoms. The van der Waals surface area contributed by atoms with E-state index in [1.807, 2.05) is 32.0 Å². The van der Waals surface area contributed by atoms with Crippen LogP contribution in [0.3, 0.4) is 0 Å². The lowest BCUT2D eigenvalue weighted by atomic mass is 10.0. The maximum Gasteiger partial charge on any atom is 0.274 e. The van der Waals surface area contributed by atoms with Crippen molar-refractivity contribution in [1.82, 2.24) is 0 Å². The number of para-hydroxylation sites is 1. The fraction of sp³-hybridized carbons (Fsp3) is 0.200. The van der Waals surface area contributed by atoms with Crippen LogP contribution in [-0.2, 0) is 30.8 Å². The number of aryl methyl sites for hydroxylation is 2. The number of fused-ring (bicyclic) bond motifs is 2. The molecule has 0 unspecified atom stereocenters. The zero-order valence-corrected chi connectivity index (χ0v) is 20.0. The number of carbonyl (C=O) groups is 2. The van der Waals surface area contributed by atoms with Crippen molar-refractivity contribution in [3.8, 4) is 0 Å². The van der Waals surface area contributed by atoms with Gasteiger partial charge in [-0.1, -0.05) is 53.6 Å². The first-order valence-corrected chi connectivity index (χ1v) is 12.6. The molecule has 0 bridgehead atoms. The van der Waals surface area contributed by atoms with Gasteiger partial charge in [0.15, 0.2) is 9.84 Å². The minimum absolute atomic E-state index is 0.0363. The van der Waals surface area contributed by atoms with E-state index >= 15 is 0 Å². The van der Waals surface area contributed by atoms with Gasteiger partial charge in [-0.05, 0) is 49.2 Å². The molecule has 9 heteroatoms. The van der Waals surface area contributed by atoms with Crippen LogP contribution in [0.2, 0.25) is 5.02 Å². The smallest absolute Gasteiger partial charge is 0.274 e. The lowest BCUT2D eigenvalue weighted by Gasteiger charge is -2.32. The Morgan fingerprint density at radius 1 is 1.03 bits per heavy atom. The van der Waals surface area contributed by atoms with Gasteiger partial charge in [0.25, 0.3) is 10.8 Å². The summed E-state index contributed by atoms with van der Waals surface area (Å²) in [5.41, 5.74) is 3.44. The Balaban J connectivity index is 1.75. The van der Waals surface area contributed by atoms with Crippen molar-refractivity contribution < 1.29 is 22.4 Å². The van der Waals surface area contributed by atoms with Crippen molar-refractivity contribution in [3.05, 3.63) is 93.8 Å². The fourth-order valence-electron chi connectivity index (χ4n) is 4.81. The Bertz CT molecular complexity index is 1490. The minimum atomic E-state index is -4.31. The molecular weight excluding hydrogens is 479 g/mol. The van der Waals surface area contributed by atoms with Gasteiger partial charge in [0.2, 0.25) is 5.91 Å². The summed E-state index contributed by atoms with van der Waals surface area (Å²) in [6, 6.07) is 15.9. The normalized spacial score (nSPS) is 20.9. The third-order valence-corrected chi connectivity index (χ3v) is 8.81. The van der Waals surface area contributed by atoms with E-state index in [1.54, 1.807) is 24.3 Å². The van der Waals surface area contributed by atoms with E-state index in [0.29, 0.717) is 5.69 Å². The summed E-state index contributed by atoms with van der Waals surface area (Å²) in [4.78, 5) is 27.3. The number of halogens is 2. The Kier molecular flexibility index (Phi) is 5.07. The molecule has 0 radical (unpaired) electrons. The topological polar surface area (TPSA) is 74.8 Å². The largest absolute Gasteiger partial charge is 0.304 e. The molecule has 1 spiro atoms. The predicted octanol–water partition coefficient (Wildman–Crippen LogP) is 4.26. The first kappa shape index (κ1) is 22.6. The summed E-state index contributed by atoms with van der Waals surface area (Å²) >= 11 is 5.95. The highest BCUT2D eigenvalue weighted by molar-refractivity contribution is 7.94. The Hall–Kier alpha value is -3.23. The van der Waals surface area contributed by atoms with Crippen molar-refractivity contribution in [2.45, 2.75) is 25.3 Å². The Labute approximate surface area is 201 Å². The molecule has 0 N–H and O–H groups in total. The average molecular weight is 499 g/mol. The molecule has 1 fully saturated rings. The van der Waals surface area contributed by atoms with Gasteiger partial charge in [-0.25, -0.2) is 12.8 Å². The molecule has 174 valence electrons. The fourth-order valence-corrected chi connectivity index (χ4v) is 7.02. The monoisotopic (exact) mass is 498 g/mol. The molecule has 6 nitrogen and oxygen atoms in total. The molecule has 5 rings (SSSR count). The van der Waals surface area contributed by atoms with E-state index in [2.05, 4.69) is 0 Å². The second-order valence-electron chi connectivity index (χ2n) is 8.57.